The fourth-order valence-electron chi connectivity index (χ4n) is 2.30. The van der Waals surface area contributed by atoms with Crippen molar-refractivity contribution in [2.24, 2.45) is 0 Å². The van der Waals surface area contributed by atoms with Gasteiger partial charge in [-0.15, -0.1) is 0 Å². The van der Waals surface area contributed by atoms with Crippen molar-refractivity contribution in [1.82, 2.24) is 0 Å². The van der Waals surface area contributed by atoms with Gasteiger partial charge in [-0.2, -0.15) is 0 Å². The van der Waals surface area contributed by atoms with E-state index in [4.69, 9.17) is 55.9 Å². The predicted octanol–water partition coefficient (Wildman–Crippen LogP) is 6.51. The molecule has 0 unspecified atom stereocenters. The number of carbonyl (C=O) groups excluding carboxylic acids is 1. The molecule has 1 heterocycles. The SMILES string of the molecule is O=C(Nc1cc(C(=O)O)c(Cl)cc1Cl)c1ccc(-c2cc(Cl)cc(Cl)c2)o1. The first-order valence-corrected chi connectivity index (χ1v) is 8.86. The Morgan fingerprint density at radius 1 is 0.889 bits per heavy atom. The van der Waals surface area contributed by atoms with Crippen LogP contribution in [0.3, 0.4) is 0 Å². The first-order valence-electron chi connectivity index (χ1n) is 7.34. The summed E-state index contributed by atoms with van der Waals surface area (Å²) in [7, 11) is 0. The summed E-state index contributed by atoms with van der Waals surface area (Å²) in [5, 5.41) is 12.5. The van der Waals surface area contributed by atoms with Crippen LogP contribution in [0.15, 0.2) is 46.9 Å². The van der Waals surface area contributed by atoms with Crippen molar-refractivity contribution in [3.63, 3.8) is 0 Å². The molecule has 3 aromatic rings. The number of aromatic carboxylic acids is 1. The lowest BCUT2D eigenvalue weighted by molar-refractivity contribution is 0.0696. The molecule has 0 fully saturated rings. The number of benzene rings is 2. The van der Waals surface area contributed by atoms with Gasteiger partial charge in [0, 0.05) is 15.6 Å². The molecule has 0 aliphatic rings. The van der Waals surface area contributed by atoms with Crippen LogP contribution in [0.4, 0.5) is 5.69 Å². The van der Waals surface area contributed by atoms with Crippen LogP contribution in [0.5, 0.6) is 0 Å². The normalized spacial score (nSPS) is 10.7. The smallest absolute Gasteiger partial charge is 0.337 e. The lowest BCUT2D eigenvalue weighted by Crippen LogP contribution is -2.12. The monoisotopic (exact) mass is 443 g/mol. The number of carboxylic acid groups (broad SMARTS) is 1. The number of nitrogens with one attached hydrogen (secondary N) is 1. The van der Waals surface area contributed by atoms with Gasteiger partial charge in [-0.05, 0) is 42.5 Å². The Bertz CT molecular complexity index is 1040. The zero-order valence-electron chi connectivity index (χ0n) is 13.2. The van der Waals surface area contributed by atoms with E-state index in [1.54, 1.807) is 24.3 Å². The van der Waals surface area contributed by atoms with E-state index in [9.17, 15) is 9.59 Å². The van der Waals surface area contributed by atoms with Gasteiger partial charge in [0.15, 0.2) is 5.76 Å². The summed E-state index contributed by atoms with van der Waals surface area (Å²) in [6, 6.07) is 10.3. The van der Waals surface area contributed by atoms with Gasteiger partial charge in [-0.1, -0.05) is 46.4 Å². The molecule has 138 valence electrons. The molecule has 0 saturated carbocycles. The molecule has 0 atom stereocenters. The number of rotatable bonds is 4. The highest BCUT2D eigenvalue weighted by atomic mass is 35.5. The Morgan fingerprint density at radius 2 is 1.56 bits per heavy atom. The average Bonchev–Trinajstić information content (AvgIpc) is 3.06. The Hall–Kier alpha value is -2.18. The molecule has 0 radical (unpaired) electrons. The highest BCUT2D eigenvalue weighted by molar-refractivity contribution is 6.38. The van der Waals surface area contributed by atoms with Crippen LogP contribution in [0.1, 0.15) is 20.9 Å². The molecule has 3 rings (SSSR count). The van der Waals surface area contributed by atoms with Crippen molar-refractivity contribution >= 4 is 64.0 Å². The molecular formula is C18H9Cl4NO4. The largest absolute Gasteiger partial charge is 0.478 e. The van der Waals surface area contributed by atoms with E-state index in [1.165, 1.54) is 18.2 Å². The van der Waals surface area contributed by atoms with E-state index in [2.05, 4.69) is 5.32 Å². The van der Waals surface area contributed by atoms with Gasteiger partial charge in [0.05, 0.1) is 21.3 Å². The first kappa shape index (κ1) is 19.6. The van der Waals surface area contributed by atoms with Gasteiger partial charge in [-0.25, -0.2) is 4.79 Å². The highest BCUT2D eigenvalue weighted by Crippen LogP contribution is 2.31. The van der Waals surface area contributed by atoms with Gasteiger partial charge in [0.1, 0.15) is 5.76 Å². The molecule has 2 N–H and O–H groups in total. The van der Waals surface area contributed by atoms with Crippen LogP contribution in [0.2, 0.25) is 20.1 Å². The quantitative estimate of drug-likeness (QED) is 0.480. The summed E-state index contributed by atoms with van der Waals surface area (Å²) in [5.74, 6) is -1.48. The predicted molar refractivity (Wildman–Crippen MR) is 106 cm³/mol. The lowest BCUT2D eigenvalue weighted by Gasteiger charge is -2.08. The van der Waals surface area contributed by atoms with Crippen molar-refractivity contribution in [3.05, 3.63) is 73.9 Å². The summed E-state index contributed by atoms with van der Waals surface area (Å²) >= 11 is 23.8. The third kappa shape index (κ3) is 4.39. The average molecular weight is 445 g/mol. The summed E-state index contributed by atoms with van der Waals surface area (Å²) in [4.78, 5) is 23.6. The van der Waals surface area contributed by atoms with Crippen molar-refractivity contribution in [2.75, 3.05) is 5.32 Å². The zero-order valence-corrected chi connectivity index (χ0v) is 16.2. The van der Waals surface area contributed by atoms with Crippen LogP contribution in [-0.2, 0) is 0 Å². The van der Waals surface area contributed by atoms with Crippen LogP contribution in [-0.4, -0.2) is 17.0 Å². The number of carbonyl (C=O) groups is 2. The van der Waals surface area contributed by atoms with Gasteiger partial charge in [0.2, 0.25) is 0 Å². The minimum absolute atomic E-state index is 0.0102. The Balaban J connectivity index is 1.87. The molecule has 1 amide bonds. The fraction of sp³-hybridized carbons (Fsp3) is 0. The molecule has 0 saturated heterocycles. The molecule has 0 spiro atoms. The molecule has 9 heteroatoms. The van der Waals surface area contributed by atoms with E-state index in [0.717, 1.165) is 0 Å². The van der Waals surface area contributed by atoms with Crippen molar-refractivity contribution < 1.29 is 19.1 Å². The maximum absolute atomic E-state index is 12.4. The maximum atomic E-state index is 12.4. The number of carboxylic acids is 1. The van der Waals surface area contributed by atoms with Gasteiger partial charge in [0.25, 0.3) is 5.91 Å². The molecule has 0 aliphatic carbocycles. The zero-order chi connectivity index (χ0) is 19.7. The first-order chi connectivity index (χ1) is 12.7. The van der Waals surface area contributed by atoms with E-state index in [1.807, 2.05) is 0 Å². The minimum atomic E-state index is -1.25. The van der Waals surface area contributed by atoms with Crippen LogP contribution in [0.25, 0.3) is 11.3 Å². The van der Waals surface area contributed by atoms with Gasteiger partial charge < -0.3 is 14.8 Å². The topological polar surface area (TPSA) is 79.5 Å². The third-order valence-electron chi connectivity index (χ3n) is 3.51. The standard InChI is InChI=1S/C18H9Cl4NO4/c19-9-3-8(4-10(20)5-9)15-1-2-16(27-15)17(24)23-14-6-11(18(25)26)12(21)7-13(14)22/h1-7H,(H,23,24)(H,25,26). The van der Waals surface area contributed by atoms with E-state index in [0.29, 0.717) is 21.4 Å². The molecule has 27 heavy (non-hydrogen) atoms. The number of hydrogen-bond donors (Lipinski definition) is 2. The van der Waals surface area contributed by atoms with Crippen LogP contribution in [0, 0.1) is 0 Å². The Kier molecular flexibility index (Phi) is 5.67. The van der Waals surface area contributed by atoms with Gasteiger partial charge >= 0.3 is 5.97 Å². The number of halogens is 4. The van der Waals surface area contributed by atoms with Crippen molar-refractivity contribution in [2.45, 2.75) is 0 Å². The number of amides is 1. The van der Waals surface area contributed by atoms with Crippen LogP contribution < -0.4 is 5.32 Å². The number of furan rings is 1. The third-order valence-corrected chi connectivity index (χ3v) is 4.57. The summed E-state index contributed by atoms with van der Waals surface area (Å²) in [5.41, 5.74) is 0.501. The van der Waals surface area contributed by atoms with E-state index < -0.39 is 11.9 Å². The number of hydrogen-bond acceptors (Lipinski definition) is 3. The minimum Gasteiger partial charge on any atom is -0.478 e. The van der Waals surface area contributed by atoms with Crippen molar-refractivity contribution in [1.29, 1.82) is 0 Å². The summed E-state index contributed by atoms with van der Waals surface area (Å²) in [6.45, 7) is 0. The second-order valence-corrected chi connectivity index (χ2v) is 7.08. The Morgan fingerprint density at radius 3 is 2.19 bits per heavy atom. The lowest BCUT2D eigenvalue weighted by atomic mass is 10.2. The fourth-order valence-corrected chi connectivity index (χ4v) is 3.34. The van der Waals surface area contributed by atoms with Crippen molar-refractivity contribution in [3.8, 4) is 11.3 Å². The second-order valence-electron chi connectivity index (χ2n) is 5.39. The molecule has 0 bridgehead atoms. The molecule has 5 nitrogen and oxygen atoms in total. The molecule has 0 aliphatic heterocycles. The van der Waals surface area contributed by atoms with E-state index >= 15 is 0 Å². The summed E-state index contributed by atoms with van der Waals surface area (Å²) < 4.78 is 5.54. The maximum Gasteiger partial charge on any atom is 0.337 e. The molecular weight excluding hydrogens is 436 g/mol. The molecule has 1 aromatic heterocycles. The van der Waals surface area contributed by atoms with E-state index in [-0.39, 0.29) is 27.1 Å². The molecule has 2 aromatic carbocycles. The van der Waals surface area contributed by atoms with Gasteiger partial charge in [-0.3, -0.25) is 4.79 Å². The summed E-state index contributed by atoms with van der Waals surface area (Å²) in [6.07, 6.45) is 0. The number of anilines is 1. The Labute approximate surface area is 173 Å². The second kappa shape index (κ2) is 7.82. The van der Waals surface area contributed by atoms with Crippen LogP contribution >= 0.6 is 46.4 Å². The highest BCUT2D eigenvalue weighted by Gasteiger charge is 2.18.